The normalized spacial score (nSPS) is 12.1. The summed E-state index contributed by atoms with van der Waals surface area (Å²) in [6.07, 6.45) is 1.88. The van der Waals surface area contributed by atoms with Crippen LogP contribution in [0.15, 0.2) is 16.7 Å². The molecule has 2 aromatic rings. The van der Waals surface area contributed by atoms with E-state index in [1.54, 1.807) is 4.68 Å². The summed E-state index contributed by atoms with van der Waals surface area (Å²) in [6.45, 7) is 10.2. The molecule has 0 saturated carbocycles. The van der Waals surface area contributed by atoms with Gasteiger partial charge < -0.3 is 4.42 Å². The Bertz CT molecular complexity index is 483. The van der Waals surface area contributed by atoms with Crippen LogP contribution in [0.1, 0.15) is 37.9 Å². The molecule has 0 aliphatic carbocycles. The average Bonchev–Trinajstić information content (AvgIpc) is 2.73. The summed E-state index contributed by atoms with van der Waals surface area (Å²) < 4.78 is 7.20. The third-order valence-electron chi connectivity index (χ3n) is 2.57. The van der Waals surface area contributed by atoms with Crippen molar-refractivity contribution in [2.45, 2.75) is 40.0 Å². The number of hydrogen-bond acceptors (Lipinski definition) is 3. The molecule has 0 aliphatic heterocycles. The quantitative estimate of drug-likeness (QED) is 0.740. The van der Waals surface area contributed by atoms with Crippen LogP contribution in [-0.2, 0) is 5.41 Å². The highest BCUT2D eigenvalue weighted by Crippen LogP contribution is 2.21. The minimum atomic E-state index is 0.0436. The molecule has 0 fully saturated rings. The molecule has 2 aromatic heterocycles. The van der Waals surface area contributed by atoms with E-state index in [-0.39, 0.29) is 5.41 Å². The molecule has 0 amide bonds. The van der Waals surface area contributed by atoms with Crippen LogP contribution in [0.5, 0.6) is 0 Å². The van der Waals surface area contributed by atoms with Crippen LogP contribution < -0.4 is 0 Å². The minimum absolute atomic E-state index is 0.0436. The second-order valence-corrected chi connectivity index (χ2v) is 5.03. The Labute approximate surface area is 95.3 Å². The Balaban J connectivity index is 2.39. The third kappa shape index (κ3) is 1.87. The molecule has 0 bridgehead atoms. The monoisotopic (exact) mass is 219 g/mol. The molecule has 0 N–H and O–H groups in total. The molecule has 4 nitrogen and oxygen atoms in total. The van der Waals surface area contributed by atoms with Gasteiger partial charge in [-0.05, 0) is 19.9 Å². The van der Waals surface area contributed by atoms with Crippen molar-refractivity contribution < 1.29 is 4.42 Å². The van der Waals surface area contributed by atoms with E-state index in [9.17, 15) is 0 Å². The SMILES string of the molecule is Cc1nc(-n2ccc(C(C)(C)C)n2)oc1C. The Morgan fingerprint density at radius 3 is 2.38 bits per heavy atom. The smallest absolute Gasteiger partial charge is 0.323 e. The van der Waals surface area contributed by atoms with Crippen molar-refractivity contribution in [1.82, 2.24) is 14.8 Å². The zero-order chi connectivity index (χ0) is 11.9. The Morgan fingerprint density at radius 1 is 1.25 bits per heavy atom. The first-order valence-corrected chi connectivity index (χ1v) is 5.38. The molecular weight excluding hydrogens is 202 g/mol. The van der Waals surface area contributed by atoms with E-state index in [1.165, 1.54) is 0 Å². The lowest BCUT2D eigenvalue weighted by Gasteiger charge is -2.13. The van der Waals surface area contributed by atoms with Crippen LogP contribution in [-0.4, -0.2) is 14.8 Å². The number of aromatic nitrogens is 3. The van der Waals surface area contributed by atoms with Gasteiger partial charge in [-0.15, -0.1) is 0 Å². The van der Waals surface area contributed by atoms with Crippen molar-refractivity contribution in [3.8, 4) is 6.01 Å². The van der Waals surface area contributed by atoms with Crippen molar-refractivity contribution in [2.24, 2.45) is 0 Å². The van der Waals surface area contributed by atoms with Gasteiger partial charge in [-0.3, -0.25) is 0 Å². The van der Waals surface area contributed by atoms with Crippen LogP contribution in [0.3, 0.4) is 0 Å². The van der Waals surface area contributed by atoms with Gasteiger partial charge in [0.2, 0.25) is 0 Å². The minimum Gasteiger partial charge on any atom is -0.427 e. The summed E-state index contributed by atoms with van der Waals surface area (Å²) in [7, 11) is 0. The Morgan fingerprint density at radius 2 is 1.94 bits per heavy atom. The maximum absolute atomic E-state index is 5.52. The van der Waals surface area contributed by atoms with Crippen LogP contribution in [0.2, 0.25) is 0 Å². The first-order valence-electron chi connectivity index (χ1n) is 5.38. The van der Waals surface area contributed by atoms with Gasteiger partial charge in [-0.25, -0.2) is 0 Å². The van der Waals surface area contributed by atoms with Crippen LogP contribution >= 0.6 is 0 Å². The predicted molar refractivity (Wildman–Crippen MR) is 61.8 cm³/mol. The van der Waals surface area contributed by atoms with Crippen molar-refractivity contribution in [1.29, 1.82) is 0 Å². The lowest BCUT2D eigenvalue weighted by molar-refractivity contribution is 0.478. The number of nitrogens with zero attached hydrogens (tertiary/aromatic N) is 3. The van der Waals surface area contributed by atoms with E-state index in [1.807, 2.05) is 26.1 Å². The van der Waals surface area contributed by atoms with Gasteiger partial charge in [0.15, 0.2) is 0 Å². The molecule has 0 radical (unpaired) electrons. The molecule has 2 rings (SSSR count). The molecule has 0 aliphatic rings. The molecule has 0 spiro atoms. The van der Waals surface area contributed by atoms with Gasteiger partial charge in [0.05, 0.1) is 11.4 Å². The van der Waals surface area contributed by atoms with Crippen LogP contribution in [0.4, 0.5) is 0 Å². The molecule has 0 saturated heterocycles. The van der Waals surface area contributed by atoms with Gasteiger partial charge in [0.1, 0.15) is 5.76 Å². The maximum atomic E-state index is 5.52. The summed E-state index contributed by atoms with van der Waals surface area (Å²) in [5.41, 5.74) is 1.98. The van der Waals surface area contributed by atoms with Gasteiger partial charge in [0.25, 0.3) is 0 Å². The summed E-state index contributed by atoms with van der Waals surface area (Å²) >= 11 is 0. The number of aryl methyl sites for hydroxylation is 2. The number of hydrogen-bond donors (Lipinski definition) is 0. The molecule has 0 atom stereocenters. The van der Waals surface area contributed by atoms with E-state index >= 15 is 0 Å². The van der Waals surface area contributed by atoms with E-state index in [4.69, 9.17) is 4.42 Å². The summed E-state index contributed by atoms with van der Waals surface area (Å²) in [5.74, 6) is 0.836. The highest BCUT2D eigenvalue weighted by Gasteiger charge is 2.18. The molecular formula is C12H17N3O. The molecule has 4 heteroatoms. The van der Waals surface area contributed by atoms with E-state index in [0.29, 0.717) is 6.01 Å². The van der Waals surface area contributed by atoms with Crippen molar-refractivity contribution in [3.05, 3.63) is 29.4 Å². The summed E-state index contributed by atoms with van der Waals surface area (Å²) in [5, 5.41) is 4.47. The van der Waals surface area contributed by atoms with Gasteiger partial charge in [0, 0.05) is 11.6 Å². The van der Waals surface area contributed by atoms with Crippen LogP contribution in [0, 0.1) is 13.8 Å². The standard InChI is InChI=1S/C12H17N3O/c1-8-9(2)16-11(13-8)15-7-6-10(14-15)12(3,4)5/h6-7H,1-5H3. The van der Waals surface area contributed by atoms with E-state index < -0.39 is 0 Å². The number of oxazole rings is 1. The summed E-state index contributed by atoms with van der Waals surface area (Å²) in [4.78, 5) is 4.31. The molecule has 0 unspecified atom stereocenters. The third-order valence-corrected chi connectivity index (χ3v) is 2.57. The van der Waals surface area contributed by atoms with Crippen molar-refractivity contribution >= 4 is 0 Å². The van der Waals surface area contributed by atoms with Gasteiger partial charge >= 0.3 is 6.01 Å². The Hall–Kier alpha value is -1.58. The second-order valence-electron chi connectivity index (χ2n) is 5.03. The highest BCUT2D eigenvalue weighted by molar-refractivity contribution is 5.18. The average molecular weight is 219 g/mol. The molecule has 2 heterocycles. The fourth-order valence-corrected chi connectivity index (χ4v) is 1.38. The molecule has 86 valence electrons. The topological polar surface area (TPSA) is 43.9 Å². The molecule has 0 aromatic carbocycles. The largest absolute Gasteiger partial charge is 0.427 e. The van der Waals surface area contributed by atoms with Crippen LogP contribution in [0.25, 0.3) is 6.01 Å². The van der Waals surface area contributed by atoms with E-state index in [2.05, 4.69) is 30.9 Å². The Kier molecular flexibility index (Phi) is 2.37. The maximum Gasteiger partial charge on any atom is 0.323 e. The zero-order valence-corrected chi connectivity index (χ0v) is 10.4. The van der Waals surface area contributed by atoms with Gasteiger partial charge in [-0.1, -0.05) is 20.8 Å². The second kappa shape index (κ2) is 3.47. The van der Waals surface area contributed by atoms with Gasteiger partial charge in [-0.2, -0.15) is 14.8 Å². The van der Waals surface area contributed by atoms with Crippen molar-refractivity contribution in [3.63, 3.8) is 0 Å². The first kappa shape index (κ1) is 10.9. The lowest BCUT2D eigenvalue weighted by atomic mass is 9.93. The fraction of sp³-hybridized carbons (Fsp3) is 0.500. The fourth-order valence-electron chi connectivity index (χ4n) is 1.38. The van der Waals surface area contributed by atoms with Crippen molar-refractivity contribution in [2.75, 3.05) is 0 Å². The predicted octanol–water partition coefficient (Wildman–Crippen LogP) is 2.77. The molecule has 16 heavy (non-hydrogen) atoms. The van der Waals surface area contributed by atoms with E-state index in [0.717, 1.165) is 17.1 Å². The number of rotatable bonds is 1. The summed E-state index contributed by atoms with van der Waals surface area (Å²) in [6, 6.07) is 2.53. The lowest BCUT2D eigenvalue weighted by Crippen LogP contribution is -2.12. The highest BCUT2D eigenvalue weighted by atomic mass is 16.4. The zero-order valence-electron chi connectivity index (χ0n) is 10.4. The first-order chi connectivity index (χ1) is 7.38.